The van der Waals surface area contributed by atoms with E-state index in [1.54, 1.807) is 0 Å². The summed E-state index contributed by atoms with van der Waals surface area (Å²) in [6, 6.07) is 11.7. The molecule has 13 heavy (non-hydrogen) atoms. The van der Waals surface area contributed by atoms with E-state index in [4.69, 9.17) is 11.0 Å². The van der Waals surface area contributed by atoms with Crippen molar-refractivity contribution in [2.45, 2.75) is 13.3 Å². The van der Waals surface area contributed by atoms with Gasteiger partial charge in [0.2, 0.25) is 0 Å². The third-order valence-electron chi connectivity index (χ3n) is 1.90. The average molecular weight is 172 g/mol. The summed E-state index contributed by atoms with van der Waals surface area (Å²) in [4.78, 5) is 0. The van der Waals surface area contributed by atoms with E-state index in [1.165, 1.54) is 0 Å². The predicted octanol–water partition coefficient (Wildman–Crippen LogP) is 2.29. The van der Waals surface area contributed by atoms with E-state index in [9.17, 15) is 0 Å². The van der Waals surface area contributed by atoms with Gasteiger partial charge in [-0.3, -0.25) is 0 Å². The summed E-state index contributed by atoms with van der Waals surface area (Å²) >= 11 is 0. The molecule has 0 saturated heterocycles. The van der Waals surface area contributed by atoms with E-state index in [1.807, 2.05) is 37.3 Å². The van der Waals surface area contributed by atoms with Crippen LogP contribution in [0, 0.1) is 11.3 Å². The van der Waals surface area contributed by atoms with Gasteiger partial charge in [-0.1, -0.05) is 37.3 Å². The Morgan fingerprint density at radius 1 is 1.38 bits per heavy atom. The van der Waals surface area contributed by atoms with Crippen LogP contribution < -0.4 is 5.73 Å². The normalized spacial score (nSPS) is 11.7. The van der Waals surface area contributed by atoms with Crippen LogP contribution in [0.4, 0.5) is 0 Å². The molecule has 0 heterocycles. The molecule has 0 amide bonds. The lowest BCUT2D eigenvalue weighted by atomic mass is 10.1. The molecule has 2 heteroatoms. The van der Waals surface area contributed by atoms with Gasteiger partial charge < -0.3 is 5.73 Å². The topological polar surface area (TPSA) is 49.8 Å². The number of rotatable bonds is 2. The van der Waals surface area contributed by atoms with Gasteiger partial charge in [0.1, 0.15) is 0 Å². The van der Waals surface area contributed by atoms with E-state index in [0.29, 0.717) is 17.7 Å². The van der Waals surface area contributed by atoms with E-state index in [2.05, 4.69) is 6.07 Å². The zero-order chi connectivity index (χ0) is 9.68. The van der Waals surface area contributed by atoms with Crippen LogP contribution in [0.25, 0.3) is 5.70 Å². The molecule has 2 N–H and O–H groups in total. The van der Waals surface area contributed by atoms with E-state index in [-0.39, 0.29) is 0 Å². The third-order valence-corrected chi connectivity index (χ3v) is 1.90. The Morgan fingerprint density at radius 3 is 2.46 bits per heavy atom. The fourth-order valence-corrected chi connectivity index (χ4v) is 1.12. The maximum Gasteiger partial charge on any atom is 0.0968 e. The van der Waals surface area contributed by atoms with Crippen molar-refractivity contribution in [3.05, 3.63) is 41.5 Å². The van der Waals surface area contributed by atoms with Crippen LogP contribution in [-0.4, -0.2) is 0 Å². The Kier molecular flexibility index (Phi) is 3.10. The number of allylic oxidation sites excluding steroid dienone is 1. The van der Waals surface area contributed by atoms with Crippen molar-refractivity contribution < 1.29 is 0 Å². The summed E-state index contributed by atoms with van der Waals surface area (Å²) in [5, 5.41) is 8.77. The van der Waals surface area contributed by atoms with Gasteiger partial charge in [0.25, 0.3) is 0 Å². The summed E-state index contributed by atoms with van der Waals surface area (Å²) in [7, 11) is 0. The molecule has 0 radical (unpaired) electrons. The lowest BCUT2D eigenvalue weighted by Crippen LogP contribution is -1.99. The molecule has 0 aromatic heterocycles. The van der Waals surface area contributed by atoms with Crippen molar-refractivity contribution in [3.63, 3.8) is 0 Å². The molecular weight excluding hydrogens is 160 g/mol. The second-order valence-corrected chi connectivity index (χ2v) is 2.72. The van der Waals surface area contributed by atoms with Crippen molar-refractivity contribution in [2.75, 3.05) is 0 Å². The lowest BCUT2D eigenvalue weighted by Gasteiger charge is -2.02. The highest BCUT2D eigenvalue weighted by Crippen LogP contribution is 2.14. The Bertz CT molecular complexity index is 344. The number of nitrogens with two attached hydrogens (primary N) is 1. The first-order valence-electron chi connectivity index (χ1n) is 4.23. The van der Waals surface area contributed by atoms with Crippen LogP contribution in [0.5, 0.6) is 0 Å². The van der Waals surface area contributed by atoms with Crippen molar-refractivity contribution >= 4 is 5.70 Å². The number of hydrogen-bond donors (Lipinski definition) is 1. The molecule has 0 unspecified atom stereocenters. The van der Waals surface area contributed by atoms with E-state index >= 15 is 0 Å². The first-order chi connectivity index (χ1) is 6.29. The second-order valence-electron chi connectivity index (χ2n) is 2.72. The fraction of sp³-hybridized carbons (Fsp3) is 0.182. The highest BCUT2D eigenvalue weighted by molar-refractivity contribution is 5.68. The fourth-order valence-electron chi connectivity index (χ4n) is 1.12. The largest absolute Gasteiger partial charge is 0.397 e. The van der Waals surface area contributed by atoms with Gasteiger partial charge in [-0.15, -0.1) is 0 Å². The van der Waals surface area contributed by atoms with Crippen LogP contribution >= 0.6 is 0 Å². The van der Waals surface area contributed by atoms with E-state index < -0.39 is 0 Å². The van der Waals surface area contributed by atoms with Crippen LogP contribution in [0.1, 0.15) is 18.9 Å². The number of benzene rings is 1. The van der Waals surface area contributed by atoms with Gasteiger partial charge in [-0.25, -0.2) is 0 Å². The molecule has 1 aromatic rings. The van der Waals surface area contributed by atoms with Crippen molar-refractivity contribution in [1.29, 1.82) is 5.26 Å². The Hall–Kier alpha value is -1.75. The highest BCUT2D eigenvalue weighted by atomic mass is 14.6. The van der Waals surface area contributed by atoms with Gasteiger partial charge in [0.05, 0.1) is 17.3 Å². The molecule has 0 aliphatic rings. The monoisotopic (exact) mass is 172 g/mol. The lowest BCUT2D eigenvalue weighted by molar-refractivity contribution is 1.14. The zero-order valence-corrected chi connectivity index (χ0v) is 7.62. The van der Waals surface area contributed by atoms with Crippen molar-refractivity contribution in [1.82, 2.24) is 0 Å². The summed E-state index contributed by atoms with van der Waals surface area (Å²) in [5.74, 6) is 0. The quantitative estimate of drug-likeness (QED) is 0.696. The van der Waals surface area contributed by atoms with Crippen molar-refractivity contribution in [2.24, 2.45) is 5.73 Å². The summed E-state index contributed by atoms with van der Waals surface area (Å²) in [6.45, 7) is 1.92. The molecule has 2 nitrogen and oxygen atoms in total. The zero-order valence-electron chi connectivity index (χ0n) is 7.62. The Labute approximate surface area is 78.3 Å². The van der Waals surface area contributed by atoms with Crippen molar-refractivity contribution in [3.8, 4) is 6.07 Å². The minimum Gasteiger partial charge on any atom is -0.397 e. The summed E-state index contributed by atoms with van der Waals surface area (Å²) in [5.41, 5.74) is 7.97. The molecule has 0 aliphatic heterocycles. The molecular formula is C11H12N2. The van der Waals surface area contributed by atoms with Gasteiger partial charge in [0, 0.05) is 0 Å². The summed E-state index contributed by atoms with van der Waals surface area (Å²) < 4.78 is 0. The van der Waals surface area contributed by atoms with Crippen LogP contribution in [-0.2, 0) is 0 Å². The molecule has 0 aliphatic carbocycles. The molecule has 1 rings (SSSR count). The smallest absolute Gasteiger partial charge is 0.0968 e. The highest BCUT2D eigenvalue weighted by Gasteiger charge is 2.01. The minimum absolute atomic E-state index is 0.589. The number of hydrogen-bond acceptors (Lipinski definition) is 2. The third kappa shape index (κ3) is 2.09. The molecule has 0 atom stereocenters. The maximum atomic E-state index is 8.77. The van der Waals surface area contributed by atoms with Crippen LogP contribution in [0.3, 0.4) is 0 Å². The SMILES string of the molecule is CCC(C#N)=C(N)c1ccccc1. The predicted molar refractivity (Wildman–Crippen MR) is 53.5 cm³/mol. The Balaban J connectivity index is 3.11. The molecule has 0 fully saturated rings. The molecule has 0 spiro atoms. The summed E-state index contributed by atoms with van der Waals surface area (Å²) in [6.07, 6.45) is 0.678. The number of nitriles is 1. The first-order valence-corrected chi connectivity index (χ1v) is 4.23. The molecule has 0 bridgehead atoms. The van der Waals surface area contributed by atoms with Gasteiger partial charge in [-0.2, -0.15) is 5.26 Å². The van der Waals surface area contributed by atoms with Gasteiger partial charge in [-0.05, 0) is 12.0 Å². The van der Waals surface area contributed by atoms with E-state index in [0.717, 1.165) is 5.56 Å². The van der Waals surface area contributed by atoms with Crippen LogP contribution in [0.15, 0.2) is 35.9 Å². The number of nitrogens with zero attached hydrogens (tertiary/aromatic N) is 1. The molecule has 0 saturated carbocycles. The van der Waals surface area contributed by atoms with Gasteiger partial charge >= 0.3 is 0 Å². The molecule has 66 valence electrons. The standard InChI is InChI=1S/C11H12N2/c1-2-9(8-12)11(13)10-6-4-3-5-7-10/h3-7H,2,13H2,1H3. The first kappa shape index (κ1) is 9.34. The second kappa shape index (κ2) is 4.32. The molecule has 1 aromatic carbocycles. The average Bonchev–Trinajstić information content (AvgIpc) is 2.21. The Morgan fingerprint density at radius 2 is 2.00 bits per heavy atom. The van der Waals surface area contributed by atoms with Gasteiger partial charge in [0.15, 0.2) is 0 Å². The maximum absolute atomic E-state index is 8.77. The minimum atomic E-state index is 0.589. The van der Waals surface area contributed by atoms with Crippen LogP contribution in [0.2, 0.25) is 0 Å².